The first kappa shape index (κ1) is 10.3. The van der Waals surface area contributed by atoms with Gasteiger partial charge in [0.1, 0.15) is 5.57 Å². The first-order valence-corrected chi connectivity index (χ1v) is 3.58. The quantitative estimate of drug-likeness (QED) is 0.467. The minimum atomic E-state index is -2.25. The SMILES string of the molecule is CC1(O)OC(O)=C(C(=O)O)C1C(=O)O. The van der Waals surface area contributed by atoms with Crippen molar-refractivity contribution in [3.8, 4) is 0 Å². The molecular formula is C7H8O7. The number of aliphatic hydroxyl groups excluding tert-OH is 1. The summed E-state index contributed by atoms with van der Waals surface area (Å²) in [5.41, 5.74) is -0.859. The second-order valence-electron chi connectivity index (χ2n) is 2.95. The minimum absolute atomic E-state index is 0.859. The fourth-order valence-electron chi connectivity index (χ4n) is 1.27. The largest absolute Gasteiger partial charge is 0.481 e. The minimum Gasteiger partial charge on any atom is -0.481 e. The monoisotopic (exact) mass is 204 g/mol. The predicted octanol–water partition coefficient (Wildman–Crippen LogP) is -0.720. The number of aliphatic carboxylic acids is 2. The number of hydrogen-bond donors (Lipinski definition) is 4. The van der Waals surface area contributed by atoms with Gasteiger partial charge in [-0.1, -0.05) is 0 Å². The van der Waals surface area contributed by atoms with E-state index in [0.29, 0.717) is 0 Å². The summed E-state index contributed by atoms with van der Waals surface area (Å²) < 4.78 is 4.33. The number of ether oxygens (including phenoxy) is 1. The molecule has 0 saturated carbocycles. The summed E-state index contributed by atoms with van der Waals surface area (Å²) in [6.07, 6.45) is 0. The summed E-state index contributed by atoms with van der Waals surface area (Å²) in [5.74, 6) is -8.36. The molecule has 0 aromatic heterocycles. The molecule has 0 spiro atoms. The Balaban J connectivity index is 3.19. The van der Waals surface area contributed by atoms with Gasteiger partial charge in [0.15, 0.2) is 5.92 Å². The lowest BCUT2D eigenvalue weighted by Gasteiger charge is -2.21. The van der Waals surface area contributed by atoms with Crippen molar-refractivity contribution in [1.82, 2.24) is 0 Å². The maximum Gasteiger partial charge on any atom is 0.339 e. The molecule has 0 amide bonds. The Labute approximate surface area is 77.8 Å². The Kier molecular flexibility index (Phi) is 2.12. The summed E-state index contributed by atoms with van der Waals surface area (Å²) in [7, 11) is 0. The van der Waals surface area contributed by atoms with E-state index < -0.39 is 35.2 Å². The van der Waals surface area contributed by atoms with Crippen LogP contribution in [0.25, 0.3) is 0 Å². The molecular weight excluding hydrogens is 196 g/mol. The number of carboxylic acid groups (broad SMARTS) is 2. The van der Waals surface area contributed by atoms with Gasteiger partial charge in [-0.05, 0) is 0 Å². The summed E-state index contributed by atoms with van der Waals surface area (Å²) >= 11 is 0. The third-order valence-electron chi connectivity index (χ3n) is 1.84. The van der Waals surface area contributed by atoms with Crippen LogP contribution < -0.4 is 0 Å². The molecule has 2 atom stereocenters. The van der Waals surface area contributed by atoms with Crippen LogP contribution in [-0.4, -0.2) is 38.2 Å². The molecule has 1 aliphatic rings. The number of hydrogen-bond acceptors (Lipinski definition) is 5. The maximum absolute atomic E-state index is 10.6. The normalized spacial score (nSPS) is 31.4. The third kappa shape index (κ3) is 1.37. The van der Waals surface area contributed by atoms with E-state index in [4.69, 9.17) is 15.3 Å². The Morgan fingerprint density at radius 2 is 1.93 bits per heavy atom. The van der Waals surface area contributed by atoms with Crippen molar-refractivity contribution < 1.29 is 34.8 Å². The zero-order valence-electron chi connectivity index (χ0n) is 7.09. The van der Waals surface area contributed by atoms with Gasteiger partial charge in [0.25, 0.3) is 5.95 Å². The second-order valence-corrected chi connectivity index (χ2v) is 2.95. The average molecular weight is 204 g/mol. The van der Waals surface area contributed by atoms with Crippen LogP contribution in [0.4, 0.5) is 0 Å². The van der Waals surface area contributed by atoms with E-state index in [2.05, 4.69) is 4.74 Å². The van der Waals surface area contributed by atoms with Crippen LogP contribution in [0, 0.1) is 5.92 Å². The van der Waals surface area contributed by atoms with Crippen molar-refractivity contribution in [2.24, 2.45) is 5.92 Å². The molecule has 0 aliphatic carbocycles. The van der Waals surface area contributed by atoms with Crippen LogP contribution in [0.5, 0.6) is 0 Å². The molecule has 78 valence electrons. The van der Waals surface area contributed by atoms with Crippen LogP contribution in [0.2, 0.25) is 0 Å². The van der Waals surface area contributed by atoms with E-state index in [1.165, 1.54) is 0 Å². The van der Waals surface area contributed by atoms with Crippen LogP contribution in [0.1, 0.15) is 6.92 Å². The Bertz CT molecular complexity index is 327. The van der Waals surface area contributed by atoms with Gasteiger partial charge >= 0.3 is 11.9 Å². The van der Waals surface area contributed by atoms with Gasteiger partial charge in [0, 0.05) is 6.92 Å². The van der Waals surface area contributed by atoms with Gasteiger partial charge in [-0.25, -0.2) is 4.79 Å². The lowest BCUT2D eigenvalue weighted by molar-refractivity contribution is -0.199. The second kappa shape index (κ2) is 2.88. The lowest BCUT2D eigenvalue weighted by Crippen LogP contribution is -2.39. The summed E-state index contributed by atoms with van der Waals surface area (Å²) in [5, 5.41) is 35.5. The van der Waals surface area contributed by atoms with Crippen molar-refractivity contribution in [3.63, 3.8) is 0 Å². The van der Waals surface area contributed by atoms with Crippen LogP contribution in [0.15, 0.2) is 11.5 Å². The molecule has 2 unspecified atom stereocenters. The first-order valence-electron chi connectivity index (χ1n) is 3.58. The molecule has 1 heterocycles. The standard InChI is InChI=1S/C7H8O7/c1-7(13)3(5(10)11)2(4(8)9)6(12)14-7/h3,12-13H,1H3,(H,8,9)(H,10,11). The zero-order valence-corrected chi connectivity index (χ0v) is 7.09. The van der Waals surface area contributed by atoms with E-state index in [0.717, 1.165) is 6.92 Å². The van der Waals surface area contributed by atoms with Gasteiger partial charge in [0.2, 0.25) is 5.79 Å². The Morgan fingerprint density at radius 1 is 1.43 bits per heavy atom. The van der Waals surface area contributed by atoms with Crippen molar-refractivity contribution in [3.05, 3.63) is 11.5 Å². The molecule has 0 saturated heterocycles. The zero-order chi connectivity index (χ0) is 11.1. The first-order chi connectivity index (χ1) is 6.27. The van der Waals surface area contributed by atoms with Crippen molar-refractivity contribution in [2.45, 2.75) is 12.7 Å². The molecule has 14 heavy (non-hydrogen) atoms. The van der Waals surface area contributed by atoms with E-state index in [1.807, 2.05) is 0 Å². The fraction of sp³-hybridized carbons (Fsp3) is 0.429. The molecule has 4 N–H and O–H groups in total. The molecule has 1 aliphatic heterocycles. The van der Waals surface area contributed by atoms with E-state index >= 15 is 0 Å². The maximum atomic E-state index is 10.6. The topological polar surface area (TPSA) is 124 Å². The Morgan fingerprint density at radius 3 is 2.21 bits per heavy atom. The van der Waals surface area contributed by atoms with Crippen molar-refractivity contribution >= 4 is 11.9 Å². The van der Waals surface area contributed by atoms with Crippen LogP contribution in [0.3, 0.4) is 0 Å². The lowest BCUT2D eigenvalue weighted by atomic mass is 9.94. The van der Waals surface area contributed by atoms with Crippen LogP contribution >= 0.6 is 0 Å². The van der Waals surface area contributed by atoms with Crippen molar-refractivity contribution in [2.75, 3.05) is 0 Å². The highest BCUT2D eigenvalue weighted by Crippen LogP contribution is 2.36. The van der Waals surface area contributed by atoms with E-state index in [-0.39, 0.29) is 0 Å². The highest BCUT2D eigenvalue weighted by atomic mass is 16.7. The summed E-state index contributed by atoms with van der Waals surface area (Å²) in [6.45, 7) is 0.956. The fourth-order valence-corrected chi connectivity index (χ4v) is 1.27. The summed E-state index contributed by atoms with van der Waals surface area (Å²) in [6, 6.07) is 0. The number of rotatable bonds is 2. The molecule has 0 bridgehead atoms. The van der Waals surface area contributed by atoms with E-state index in [1.54, 1.807) is 0 Å². The van der Waals surface area contributed by atoms with Gasteiger partial charge in [-0.15, -0.1) is 0 Å². The van der Waals surface area contributed by atoms with Gasteiger partial charge in [-0.2, -0.15) is 0 Å². The number of aliphatic hydroxyl groups is 2. The number of carboxylic acids is 2. The van der Waals surface area contributed by atoms with E-state index in [9.17, 15) is 14.7 Å². The molecule has 0 aromatic rings. The van der Waals surface area contributed by atoms with Crippen LogP contribution in [-0.2, 0) is 14.3 Å². The molecule has 7 nitrogen and oxygen atoms in total. The highest BCUT2D eigenvalue weighted by Gasteiger charge is 2.53. The molecule has 7 heteroatoms. The smallest absolute Gasteiger partial charge is 0.339 e. The van der Waals surface area contributed by atoms with Gasteiger partial charge in [0.05, 0.1) is 0 Å². The summed E-state index contributed by atoms with van der Waals surface area (Å²) in [4.78, 5) is 21.2. The number of carbonyl (C=O) groups is 2. The average Bonchev–Trinajstić information content (AvgIpc) is 2.19. The van der Waals surface area contributed by atoms with Gasteiger partial charge in [-0.3, -0.25) is 4.79 Å². The molecule has 1 rings (SSSR count). The van der Waals surface area contributed by atoms with Gasteiger partial charge < -0.3 is 25.2 Å². The molecule has 0 aromatic carbocycles. The Hall–Kier alpha value is -1.76. The molecule has 0 radical (unpaired) electrons. The molecule has 0 fully saturated rings. The highest BCUT2D eigenvalue weighted by molar-refractivity contribution is 5.95. The van der Waals surface area contributed by atoms with Crippen molar-refractivity contribution in [1.29, 1.82) is 0 Å². The predicted molar refractivity (Wildman–Crippen MR) is 40.1 cm³/mol. The third-order valence-corrected chi connectivity index (χ3v) is 1.84.